The zero-order valence-corrected chi connectivity index (χ0v) is 16.5. The van der Waals surface area contributed by atoms with Gasteiger partial charge in [-0.25, -0.2) is 4.79 Å². The van der Waals surface area contributed by atoms with E-state index in [-0.39, 0.29) is 5.91 Å². The van der Waals surface area contributed by atoms with Gasteiger partial charge in [-0.1, -0.05) is 60.1 Å². The monoisotopic (exact) mass is 406 g/mol. The zero-order valence-electron chi connectivity index (χ0n) is 15.8. The van der Waals surface area contributed by atoms with E-state index in [1.165, 1.54) is 7.11 Å². The van der Waals surface area contributed by atoms with Crippen LogP contribution in [0.25, 0.3) is 0 Å². The molecule has 1 atom stereocenters. The van der Waals surface area contributed by atoms with E-state index in [1.54, 1.807) is 29.2 Å². The van der Waals surface area contributed by atoms with Gasteiger partial charge in [0.1, 0.15) is 6.17 Å². The van der Waals surface area contributed by atoms with Crippen LogP contribution in [0.5, 0.6) is 0 Å². The number of anilines is 1. The number of hydrogen-bond acceptors (Lipinski definition) is 4. The van der Waals surface area contributed by atoms with Crippen molar-refractivity contribution in [3.63, 3.8) is 0 Å². The molecule has 1 amide bonds. The minimum atomic E-state index is -0.444. The smallest absolute Gasteiger partial charge is 0.339 e. The van der Waals surface area contributed by atoms with Gasteiger partial charge in [0.2, 0.25) is 0 Å². The highest BCUT2D eigenvalue weighted by Crippen LogP contribution is 2.37. The van der Waals surface area contributed by atoms with Crippen LogP contribution in [0.2, 0.25) is 5.02 Å². The molecular formula is C23H19ClN2O3. The number of benzene rings is 3. The van der Waals surface area contributed by atoms with E-state index in [0.29, 0.717) is 28.4 Å². The number of nitrogens with one attached hydrogen (secondary N) is 1. The molecule has 3 aromatic carbocycles. The Labute approximate surface area is 173 Å². The summed E-state index contributed by atoms with van der Waals surface area (Å²) in [6, 6.07) is 22.0. The predicted molar refractivity (Wildman–Crippen MR) is 112 cm³/mol. The number of hydrogen-bond donors (Lipinski definition) is 1. The number of esters is 1. The van der Waals surface area contributed by atoms with E-state index >= 15 is 0 Å². The van der Waals surface area contributed by atoms with Crippen molar-refractivity contribution in [2.24, 2.45) is 0 Å². The minimum absolute atomic E-state index is 0.0893. The van der Waals surface area contributed by atoms with Gasteiger partial charge in [0.25, 0.3) is 5.91 Å². The van der Waals surface area contributed by atoms with E-state index in [2.05, 4.69) is 5.32 Å². The number of ether oxygens (including phenoxy) is 1. The molecule has 0 fully saturated rings. The highest BCUT2D eigenvalue weighted by Gasteiger charge is 2.37. The predicted octanol–water partition coefficient (Wildman–Crippen LogP) is 4.89. The Morgan fingerprint density at radius 1 is 1.03 bits per heavy atom. The van der Waals surface area contributed by atoms with Crippen molar-refractivity contribution in [2.75, 3.05) is 12.4 Å². The zero-order chi connectivity index (χ0) is 20.4. The highest BCUT2D eigenvalue weighted by molar-refractivity contribution is 6.31. The summed E-state index contributed by atoms with van der Waals surface area (Å²) in [5, 5.41) is 3.96. The number of nitrogens with zero attached hydrogens (tertiary/aromatic N) is 1. The molecule has 6 heteroatoms. The molecule has 0 bridgehead atoms. The van der Waals surface area contributed by atoms with Gasteiger partial charge in [-0.15, -0.1) is 0 Å². The van der Waals surface area contributed by atoms with Gasteiger partial charge >= 0.3 is 5.97 Å². The lowest BCUT2D eigenvalue weighted by atomic mass is 10.1. The molecule has 0 radical (unpaired) electrons. The molecule has 0 unspecified atom stereocenters. The molecule has 1 heterocycles. The highest BCUT2D eigenvalue weighted by atomic mass is 35.5. The number of halogens is 1. The Morgan fingerprint density at radius 2 is 1.72 bits per heavy atom. The number of carbonyl (C=O) groups is 2. The van der Waals surface area contributed by atoms with Crippen LogP contribution in [0.15, 0.2) is 72.8 Å². The number of carbonyl (C=O) groups excluding carboxylic acids is 2. The maximum atomic E-state index is 13.1. The number of rotatable bonds is 5. The average molecular weight is 407 g/mol. The average Bonchev–Trinajstić information content (AvgIpc) is 3.01. The lowest BCUT2D eigenvalue weighted by Crippen LogP contribution is -2.32. The molecule has 1 aliphatic rings. The number of fused-ring (bicyclic) bond motifs is 1. The summed E-state index contributed by atoms with van der Waals surface area (Å²) in [6.07, 6.45) is -0.444. The molecule has 146 valence electrons. The van der Waals surface area contributed by atoms with Crippen molar-refractivity contribution >= 4 is 29.2 Å². The molecule has 1 N–H and O–H groups in total. The molecule has 29 heavy (non-hydrogen) atoms. The topological polar surface area (TPSA) is 58.6 Å². The first kappa shape index (κ1) is 19.0. The van der Waals surface area contributed by atoms with E-state index in [4.69, 9.17) is 16.3 Å². The third-order valence-electron chi connectivity index (χ3n) is 4.98. The van der Waals surface area contributed by atoms with Crippen LogP contribution in [0.1, 0.15) is 38.0 Å². The van der Waals surface area contributed by atoms with Crippen LogP contribution >= 0.6 is 11.6 Å². The van der Waals surface area contributed by atoms with Gasteiger partial charge < -0.3 is 15.0 Å². The van der Waals surface area contributed by atoms with Crippen LogP contribution in [-0.2, 0) is 11.3 Å². The Morgan fingerprint density at radius 3 is 2.52 bits per heavy atom. The fraction of sp³-hybridized carbons (Fsp3) is 0.130. The first-order chi connectivity index (χ1) is 14.1. The number of para-hydroxylation sites is 1. The van der Waals surface area contributed by atoms with Crippen molar-refractivity contribution in [1.29, 1.82) is 0 Å². The lowest BCUT2D eigenvalue weighted by Gasteiger charge is -2.28. The SMILES string of the molecule is COC(=O)c1ccccc1N[C@@H]1c2ccccc2C(=O)N1Cc1ccccc1Cl. The Hall–Kier alpha value is -3.31. The first-order valence-corrected chi connectivity index (χ1v) is 9.55. The quantitative estimate of drug-likeness (QED) is 0.612. The van der Waals surface area contributed by atoms with Gasteiger partial charge in [-0.2, -0.15) is 0 Å². The Bertz CT molecular complexity index is 1080. The maximum Gasteiger partial charge on any atom is 0.339 e. The van der Waals surface area contributed by atoms with Gasteiger partial charge in [-0.05, 0) is 29.8 Å². The maximum absolute atomic E-state index is 13.1. The summed E-state index contributed by atoms with van der Waals surface area (Å²) in [5.41, 5.74) is 3.34. The summed E-state index contributed by atoms with van der Waals surface area (Å²) in [7, 11) is 1.34. The number of methoxy groups -OCH3 is 1. The molecule has 5 nitrogen and oxygen atoms in total. The second-order valence-electron chi connectivity index (χ2n) is 6.70. The first-order valence-electron chi connectivity index (χ1n) is 9.17. The molecule has 1 aliphatic heterocycles. The summed E-state index contributed by atoms with van der Waals surface area (Å²) < 4.78 is 4.89. The molecule has 0 aliphatic carbocycles. The second kappa shape index (κ2) is 7.97. The van der Waals surface area contributed by atoms with Crippen molar-refractivity contribution < 1.29 is 14.3 Å². The fourth-order valence-corrected chi connectivity index (χ4v) is 3.74. The van der Waals surface area contributed by atoms with Crippen molar-refractivity contribution in [3.8, 4) is 0 Å². The standard InChI is InChI=1S/C23H19ClN2O3/c1-29-23(28)18-11-5-7-13-20(18)25-21-16-9-3-4-10-17(16)22(27)26(21)14-15-8-2-6-12-19(15)24/h2-13,21,25H,14H2,1H3/t21-/m0/s1. The van der Waals surface area contributed by atoms with Crippen LogP contribution in [-0.4, -0.2) is 23.9 Å². The minimum Gasteiger partial charge on any atom is -0.465 e. The van der Waals surface area contributed by atoms with E-state index in [0.717, 1.165) is 11.1 Å². The Kier molecular flexibility index (Phi) is 5.23. The van der Waals surface area contributed by atoms with Crippen molar-refractivity contribution in [1.82, 2.24) is 4.90 Å². The molecule has 0 spiro atoms. The summed E-state index contributed by atoms with van der Waals surface area (Å²) in [6.45, 7) is 0.339. The third-order valence-corrected chi connectivity index (χ3v) is 5.35. The van der Waals surface area contributed by atoms with Gasteiger partial charge in [0, 0.05) is 22.7 Å². The summed E-state index contributed by atoms with van der Waals surface area (Å²) in [5.74, 6) is -0.531. The Balaban J connectivity index is 1.74. The van der Waals surface area contributed by atoms with Crippen LogP contribution in [0, 0.1) is 0 Å². The van der Waals surface area contributed by atoms with Gasteiger partial charge in [0.15, 0.2) is 0 Å². The van der Waals surface area contributed by atoms with Crippen LogP contribution in [0.3, 0.4) is 0 Å². The molecule has 0 saturated heterocycles. The molecule has 0 saturated carbocycles. The number of amides is 1. The summed E-state index contributed by atoms with van der Waals surface area (Å²) >= 11 is 6.34. The molecule has 4 rings (SSSR count). The third kappa shape index (κ3) is 3.57. The van der Waals surface area contributed by atoms with E-state index in [9.17, 15) is 9.59 Å². The second-order valence-corrected chi connectivity index (χ2v) is 7.10. The van der Waals surface area contributed by atoms with E-state index < -0.39 is 12.1 Å². The normalized spacial score (nSPS) is 15.2. The lowest BCUT2D eigenvalue weighted by molar-refractivity contribution is 0.0601. The fourth-order valence-electron chi connectivity index (χ4n) is 3.54. The van der Waals surface area contributed by atoms with Gasteiger partial charge in [0.05, 0.1) is 18.4 Å². The largest absolute Gasteiger partial charge is 0.465 e. The van der Waals surface area contributed by atoms with Crippen LogP contribution < -0.4 is 5.32 Å². The molecule has 3 aromatic rings. The van der Waals surface area contributed by atoms with Crippen molar-refractivity contribution in [2.45, 2.75) is 12.7 Å². The van der Waals surface area contributed by atoms with Gasteiger partial charge in [-0.3, -0.25) is 4.79 Å². The van der Waals surface area contributed by atoms with E-state index in [1.807, 2.05) is 48.5 Å². The summed E-state index contributed by atoms with van der Waals surface area (Å²) in [4.78, 5) is 27.0. The van der Waals surface area contributed by atoms with Crippen molar-refractivity contribution in [3.05, 3.63) is 100 Å². The molecule has 0 aromatic heterocycles. The molecular weight excluding hydrogens is 388 g/mol. The van der Waals surface area contributed by atoms with Crippen LogP contribution in [0.4, 0.5) is 5.69 Å².